The number of nitrogens with zero attached hydrogens (tertiary/aromatic N) is 2. The van der Waals surface area contributed by atoms with Crippen LogP contribution < -0.4 is 4.90 Å². The monoisotopic (exact) mass is 452 g/mol. The quantitative estimate of drug-likeness (QED) is 0.259. The molecular formula is C33H28N2. The van der Waals surface area contributed by atoms with Crippen LogP contribution in [-0.2, 0) is 7.05 Å². The van der Waals surface area contributed by atoms with Crippen LogP contribution in [0.3, 0.4) is 0 Å². The van der Waals surface area contributed by atoms with Crippen molar-refractivity contribution < 1.29 is 0 Å². The molecule has 2 heteroatoms. The maximum Gasteiger partial charge on any atom is 0.0494 e. The Labute approximate surface area is 206 Å². The highest BCUT2D eigenvalue weighted by atomic mass is 15.1. The Morgan fingerprint density at radius 2 is 0.971 bits per heavy atom. The third kappa shape index (κ3) is 3.77. The lowest BCUT2D eigenvalue weighted by Crippen LogP contribution is -2.09. The van der Waals surface area contributed by atoms with Crippen LogP contribution in [0.1, 0.15) is 11.1 Å². The molecule has 35 heavy (non-hydrogen) atoms. The van der Waals surface area contributed by atoms with Crippen molar-refractivity contribution in [2.45, 2.75) is 13.8 Å². The molecule has 0 aliphatic carbocycles. The zero-order valence-electron chi connectivity index (χ0n) is 20.4. The largest absolute Gasteiger partial charge is 0.344 e. The lowest BCUT2D eigenvalue weighted by molar-refractivity contribution is 1.01. The van der Waals surface area contributed by atoms with Gasteiger partial charge in [0.05, 0.1) is 0 Å². The second-order valence-electron chi connectivity index (χ2n) is 9.36. The van der Waals surface area contributed by atoms with Crippen LogP contribution in [-0.4, -0.2) is 4.57 Å². The van der Waals surface area contributed by atoms with Crippen LogP contribution in [0.25, 0.3) is 32.9 Å². The fraction of sp³-hybridized carbons (Fsp3) is 0.0909. The number of anilines is 3. The van der Waals surface area contributed by atoms with Crippen molar-refractivity contribution in [1.82, 2.24) is 4.57 Å². The van der Waals surface area contributed by atoms with Crippen molar-refractivity contribution in [2.75, 3.05) is 4.90 Å². The minimum absolute atomic E-state index is 1.15. The summed E-state index contributed by atoms with van der Waals surface area (Å²) in [5.41, 5.74) is 10.9. The van der Waals surface area contributed by atoms with Gasteiger partial charge in [0, 0.05) is 45.9 Å². The normalized spacial score (nSPS) is 11.3. The second-order valence-corrected chi connectivity index (χ2v) is 9.36. The summed E-state index contributed by atoms with van der Waals surface area (Å²) in [6, 6.07) is 41.8. The third-order valence-corrected chi connectivity index (χ3v) is 6.96. The smallest absolute Gasteiger partial charge is 0.0494 e. The summed E-state index contributed by atoms with van der Waals surface area (Å²) in [5.74, 6) is 0. The fourth-order valence-corrected chi connectivity index (χ4v) is 4.98. The summed E-state index contributed by atoms with van der Waals surface area (Å²) in [6.07, 6.45) is 0. The zero-order chi connectivity index (χ0) is 23.9. The van der Waals surface area contributed by atoms with E-state index in [4.69, 9.17) is 0 Å². The van der Waals surface area contributed by atoms with Crippen LogP contribution in [0.5, 0.6) is 0 Å². The Morgan fingerprint density at radius 1 is 0.486 bits per heavy atom. The van der Waals surface area contributed by atoms with Gasteiger partial charge < -0.3 is 9.47 Å². The molecule has 6 aromatic rings. The molecule has 6 rings (SSSR count). The number of para-hydroxylation sites is 1. The second kappa shape index (κ2) is 8.48. The highest BCUT2D eigenvalue weighted by Gasteiger charge is 2.13. The number of aromatic nitrogens is 1. The van der Waals surface area contributed by atoms with E-state index in [2.05, 4.69) is 146 Å². The fourth-order valence-electron chi connectivity index (χ4n) is 4.98. The van der Waals surface area contributed by atoms with Gasteiger partial charge in [-0.15, -0.1) is 0 Å². The minimum atomic E-state index is 1.15. The van der Waals surface area contributed by atoms with Gasteiger partial charge in [0.15, 0.2) is 0 Å². The van der Waals surface area contributed by atoms with Crippen molar-refractivity contribution in [3.63, 3.8) is 0 Å². The topological polar surface area (TPSA) is 8.17 Å². The molecule has 5 aromatic carbocycles. The first-order valence-corrected chi connectivity index (χ1v) is 12.1. The van der Waals surface area contributed by atoms with Crippen LogP contribution in [0.4, 0.5) is 17.1 Å². The molecule has 0 amide bonds. The van der Waals surface area contributed by atoms with Gasteiger partial charge in [0.1, 0.15) is 0 Å². The molecule has 0 saturated carbocycles. The van der Waals surface area contributed by atoms with Crippen LogP contribution in [0.2, 0.25) is 0 Å². The first-order valence-electron chi connectivity index (χ1n) is 12.1. The summed E-state index contributed by atoms with van der Waals surface area (Å²) >= 11 is 0. The molecular weight excluding hydrogens is 424 g/mol. The van der Waals surface area contributed by atoms with Gasteiger partial charge in [-0.25, -0.2) is 0 Å². The van der Waals surface area contributed by atoms with Crippen LogP contribution in [0, 0.1) is 13.8 Å². The van der Waals surface area contributed by atoms with Crippen molar-refractivity contribution in [3.05, 3.63) is 126 Å². The van der Waals surface area contributed by atoms with Crippen molar-refractivity contribution in [1.29, 1.82) is 0 Å². The van der Waals surface area contributed by atoms with Gasteiger partial charge >= 0.3 is 0 Å². The van der Waals surface area contributed by atoms with E-state index in [9.17, 15) is 0 Å². The average Bonchev–Trinajstić information content (AvgIpc) is 3.18. The highest BCUT2D eigenvalue weighted by Crippen LogP contribution is 2.37. The van der Waals surface area contributed by atoms with Crippen molar-refractivity contribution >= 4 is 38.9 Å². The van der Waals surface area contributed by atoms with E-state index in [1.54, 1.807) is 0 Å². The Kier molecular flexibility index (Phi) is 5.15. The number of fused-ring (bicyclic) bond motifs is 3. The Morgan fingerprint density at radius 3 is 1.57 bits per heavy atom. The lowest BCUT2D eigenvalue weighted by Gasteiger charge is -2.26. The Bertz CT molecular complexity index is 1590. The lowest BCUT2D eigenvalue weighted by atomic mass is 10.0. The maximum atomic E-state index is 2.32. The summed E-state index contributed by atoms with van der Waals surface area (Å²) < 4.78 is 2.29. The molecule has 1 aromatic heterocycles. The van der Waals surface area contributed by atoms with E-state index in [0.29, 0.717) is 0 Å². The average molecular weight is 453 g/mol. The summed E-state index contributed by atoms with van der Waals surface area (Å²) in [7, 11) is 2.15. The summed E-state index contributed by atoms with van der Waals surface area (Å²) in [4.78, 5) is 2.32. The van der Waals surface area contributed by atoms with Gasteiger partial charge in [-0.2, -0.15) is 0 Å². The van der Waals surface area contributed by atoms with Gasteiger partial charge in [-0.05, 0) is 73.5 Å². The van der Waals surface area contributed by atoms with Crippen molar-refractivity contribution in [3.8, 4) is 11.1 Å². The molecule has 2 nitrogen and oxygen atoms in total. The van der Waals surface area contributed by atoms with Gasteiger partial charge in [0.25, 0.3) is 0 Å². The van der Waals surface area contributed by atoms with E-state index < -0.39 is 0 Å². The molecule has 0 spiro atoms. The number of rotatable bonds is 4. The standard InChI is InChI=1S/C33H28N2/c1-23-8-15-27(16-9-23)35(28-17-10-24(2)11-18-28)29-19-12-25(13-20-29)26-14-21-31-30-6-4-5-7-32(30)34(3)33(31)22-26/h4-22H,1-3H3. The third-order valence-electron chi connectivity index (χ3n) is 6.96. The predicted octanol–water partition coefficient (Wildman–Crippen LogP) is 9.09. The molecule has 170 valence electrons. The molecule has 0 radical (unpaired) electrons. The highest BCUT2D eigenvalue weighted by molar-refractivity contribution is 6.09. The molecule has 0 fully saturated rings. The van der Waals surface area contributed by atoms with E-state index in [1.165, 1.54) is 44.1 Å². The molecule has 0 bridgehead atoms. The molecule has 0 saturated heterocycles. The Hall–Kier alpha value is -4.30. The van der Waals surface area contributed by atoms with Crippen LogP contribution >= 0.6 is 0 Å². The number of aryl methyl sites for hydroxylation is 3. The number of hydrogen-bond acceptors (Lipinski definition) is 1. The predicted molar refractivity (Wildman–Crippen MR) is 150 cm³/mol. The number of benzene rings is 5. The number of hydrogen-bond donors (Lipinski definition) is 0. The van der Waals surface area contributed by atoms with Crippen molar-refractivity contribution in [2.24, 2.45) is 7.05 Å². The van der Waals surface area contributed by atoms with Gasteiger partial charge in [0.2, 0.25) is 0 Å². The maximum absolute atomic E-state index is 2.32. The molecule has 0 atom stereocenters. The minimum Gasteiger partial charge on any atom is -0.344 e. The van der Waals surface area contributed by atoms with E-state index in [-0.39, 0.29) is 0 Å². The van der Waals surface area contributed by atoms with Gasteiger partial charge in [-0.1, -0.05) is 77.9 Å². The summed E-state index contributed by atoms with van der Waals surface area (Å²) in [5, 5.41) is 2.60. The SMILES string of the molecule is Cc1ccc(N(c2ccc(C)cc2)c2ccc(-c3ccc4c5ccccc5n(C)c4c3)cc2)cc1. The first kappa shape index (κ1) is 21.2. The van der Waals surface area contributed by atoms with Gasteiger partial charge in [-0.3, -0.25) is 0 Å². The van der Waals surface area contributed by atoms with E-state index >= 15 is 0 Å². The molecule has 0 aliphatic heterocycles. The first-order chi connectivity index (χ1) is 17.1. The summed E-state index contributed by atoms with van der Waals surface area (Å²) in [6.45, 7) is 4.25. The van der Waals surface area contributed by atoms with E-state index in [1.807, 2.05) is 0 Å². The molecule has 0 N–H and O–H groups in total. The molecule has 0 aliphatic rings. The Balaban J connectivity index is 1.41. The zero-order valence-corrected chi connectivity index (χ0v) is 20.4. The van der Waals surface area contributed by atoms with Crippen LogP contribution in [0.15, 0.2) is 115 Å². The molecule has 0 unspecified atom stereocenters. The van der Waals surface area contributed by atoms with E-state index in [0.717, 1.165) is 17.1 Å². The molecule has 1 heterocycles.